The Hall–Kier alpha value is -0.840. The molecule has 0 spiro atoms. The van der Waals surface area contributed by atoms with Crippen LogP contribution in [0.5, 0.6) is 0 Å². The summed E-state index contributed by atoms with van der Waals surface area (Å²) in [4.78, 5) is 12.2. The maximum absolute atomic E-state index is 12.2. The van der Waals surface area contributed by atoms with Crippen molar-refractivity contribution in [2.24, 2.45) is 0 Å². The number of fused-ring (bicyclic) bond motifs is 1. The minimum absolute atomic E-state index is 0.137. The van der Waals surface area contributed by atoms with E-state index >= 15 is 0 Å². The Morgan fingerprint density at radius 3 is 2.71 bits per heavy atom. The molecule has 90 valence electrons. The summed E-state index contributed by atoms with van der Waals surface area (Å²) in [7, 11) is 0. The van der Waals surface area contributed by atoms with Crippen molar-refractivity contribution in [3.05, 3.63) is 46.9 Å². The first-order valence-corrected chi connectivity index (χ1v) is 7.49. The van der Waals surface area contributed by atoms with Crippen LogP contribution in [0, 0.1) is 0 Å². The lowest BCUT2D eigenvalue weighted by atomic mass is 10.2. The second-order valence-electron chi connectivity index (χ2n) is 4.15. The number of alkyl halides is 1. The standard InChI is InChI=1S/C14H16INO/c15-9-4-1-5-10-16-11-8-12-6-2-3-7-13(12)14(16)17/h2-3,6-8,11H,1,4-5,9-10H2. The molecule has 0 radical (unpaired) electrons. The summed E-state index contributed by atoms with van der Waals surface area (Å²) in [5.41, 5.74) is 0.137. The van der Waals surface area contributed by atoms with Crippen LogP contribution in [-0.2, 0) is 6.54 Å². The summed E-state index contributed by atoms with van der Waals surface area (Å²) >= 11 is 2.39. The molecule has 0 amide bonds. The summed E-state index contributed by atoms with van der Waals surface area (Å²) in [5, 5.41) is 1.85. The Kier molecular flexibility index (Phi) is 4.59. The molecule has 0 fully saturated rings. The molecule has 0 saturated carbocycles. The quantitative estimate of drug-likeness (QED) is 0.463. The van der Waals surface area contributed by atoms with Crippen LogP contribution in [-0.4, -0.2) is 8.99 Å². The minimum atomic E-state index is 0.137. The molecule has 0 atom stereocenters. The third-order valence-corrected chi connectivity index (χ3v) is 3.68. The molecule has 0 unspecified atom stereocenters. The van der Waals surface area contributed by atoms with Crippen molar-refractivity contribution >= 4 is 33.4 Å². The van der Waals surface area contributed by atoms with E-state index in [1.54, 1.807) is 0 Å². The van der Waals surface area contributed by atoms with Crippen molar-refractivity contribution in [1.29, 1.82) is 0 Å². The van der Waals surface area contributed by atoms with E-state index in [4.69, 9.17) is 0 Å². The summed E-state index contributed by atoms with van der Waals surface area (Å²) in [5.74, 6) is 0. The van der Waals surface area contributed by atoms with E-state index in [1.165, 1.54) is 17.3 Å². The summed E-state index contributed by atoms with van der Waals surface area (Å²) in [6.07, 6.45) is 5.43. The molecule has 2 nitrogen and oxygen atoms in total. The smallest absolute Gasteiger partial charge is 0.258 e. The van der Waals surface area contributed by atoms with Crippen molar-refractivity contribution in [3.63, 3.8) is 0 Å². The van der Waals surface area contributed by atoms with E-state index in [9.17, 15) is 4.79 Å². The highest BCUT2D eigenvalue weighted by atomic mass is 127. The van der Waals surface area contributed by atoms with Gasteiger partial charge in [-0.3, -0.25) is 4.79 Å². The zero-order chi connectivity index (χ0) is 12.1. The van der Waals surface area contributed by atoms with Gasteiger partial charge in [0.1, 0.15) is 0 Å². The van der Waals surface area contributed by atoms with Gasteiger partial charge in [0.15, 0.2) is 0 Å². The molecular weight excluding hydrogens is 325 g/mol. The molecule has 1 heterocycles. The summed E-state index contributed by atoms with van der Waals surface area (Å²) in [6, 6.07) is 9.79. The maximum atomic E-state index is 12.2. The molecule has 0 bridgehead atoms. The first-order valence-electron chi connectivity index (χ1n) is 5.97. The van der Waals surface area contributed by atoms with E-state index in [0.717, 1.165) is 23.7 Å². The third-order valence-electron chi connectivity index (χ3n) is 2.92. The topological polar surface area (TPSA) is 22.0 Å². The van der Waals surface area contributed by atoms with E-state index in [1.807, 2.05) is 41.1 Å². The van der Waals surface area contributed by atoms with Crippen LogP contribution < -0.4 is 5.56 Å². The highest BCUT2D eigenvalue weighted by Gasteiger charge is 2.01. The van der Waals surface area contributed by atoms with Gasteiger partial charge in [0.25, 0.3) is 5.56 Å². The normalized spacial score (nSPS) is 10.9. The van der Waals surface area contributed by atoms with Gasteiger partial charge >= 0.3 is 0 Å². The average molecular weight is 341 g/mol. The monoisotopic (exact) mass is 341 g/mol. The highest BCUT2D eigenvalue weighted by Crippen LogP contribution is 2.08. The summed E-state index contributed by atoms with van der Waals surface area (Å²) in [6.45, 7) is 0.834. The lowest BCUT2D eigenvalue weighted by Crippen LogP contribution is -2.19. The van der Waals surface area contributed by atoms with Gasteiger partial charge in [-0.05, 0) is 34.8 Å². The van der Waals surface area contributed by atoms with Crippen molar-refractivity contribution in [1.82, 2.24) is 4.57 Å². The number of hydrogen-bond acceptors (Lipinski definition) is 1. The SMILES string of the molecule is O=c1c2ccccc2ccn1CCCCCI. The Morgan fingerprint density at radius 1 is 1.06 bits per heavy atom. The molecule has 0 N–H and O–H groups in total. The molecule has 0 aliphatic carbocycles. The van der Waals surface area contributed by atoms with Gasteiger partial charge < -0.3 is 4.57 Å². The number of nitrogens with zero attached hydrogens (tertiary/aromatic N) is 1. The molecular formula is C14H16INO. The van der Waals surface area contributed by atoms with Gasteiger partial charge in [0, 0.05) is 18.1 Å². The van der Waals surface area contributed by atoms with E-state index in [0.29, 0.717) is 0 Å². The molecule has 17 heavy (non-hydrogen) atoms. The Balaban J connectivity index is 2.18. The minimum Gasteiger partial charge on any atom is -0.315 e. The number of unbranched alkanes of at least 4 members (excludes halogenated alkanes) is 2. The second-order valence-corrected chi connectivity index (χ2v) is 5.23. The van der Waals surface area contributed by atoms with Gasteiger partial charge in [-0.1, -0.05) is 47.2 Å². The Morgan fingerprint density at radius 2 is 1.88 bits per heavy atom. The predicted octanol–water partition coefficient (Wildman–Crippen LogP) is 3.61. The number of hydrogen-bond donors (Lipinski definition) is 0. The molecule has 2 aromatic rings. The molecule has 2 rings (SSSR count). The summed E-state index contributed by atoms with van der Waals surface area (Å²) < 4.78 is 3.03. The first-order chi connectivity index (χ1) is 8.33. The van der Waals surface area contributed by atoms with Crippen molar-refractivity contribution in [2.45, 2.75) is 25.8 Å². The average Bonchev–Trinajstić information content (AvgIpc) is 2.37. The second kappa shape index (κ2) is 6.19. The van der Waals surface area contributed by atoms with Crippen LogP contribution in [0.15, 0.2) is 41.3 Å². The van der Waals surface area contributed by atoms with Crippen molar-refractivity contribution < 1.29 is 0 Å². The fourth-order valence-electron chi connectivity index (χ4n) is 1.96. The third kappa shape index (κ3) is 3.09. The number of pyridine rings is 1. The molecule has 0 aliphatic heterocycles. The number of aryl methyl sites for hydroxylation is 1. The zero-order valence-electron chi connectivity index (χ0n) is 9.73. The van der Waals surface area contributed by atoms with Gasteiger partial charge in [0.05, 0.1) is 0 Å². The van der Waals surface area contributed by atoms with Gasteiger partial charge in [-0.15, -0.1) is 0 Å². The van der Waals surface area contributed by atoms with E-state index in [-0.39, 0.29) is 5.56 Å². The Labute approximate surface area is 115 Å². The first kappa shape index (κ1) is 12.6. The maximum Gasteiger partial charge on any atom is 0.258 e. The number of rotatable bonds is 5. The number of halogens is 1. The van der Waals surface area contributed by atoms with Crippen LogP contribution in [0.1, 0.15) is 19.3 Å². The van der Waals surface area contributed by atoms with Crippen LogP contribution >= 0.6 is 22.6 Å². The molecule has 3 heteroatoms. The van der Waals surface area contributed by atoms with Crippen LogP contribution in [0.25, 0.3) is 10.8 Å². The van der Waals surface area contributed by atoms with E-state index in [2.05, 4.69) is 22.6 Å². The Bertz CT molecular complexity index is 547. The molecule has 0 aliphatic rings. The van der Waals surface area contributed by atoms with Crippen molar-refractivity contribution in [3.8, 4) is 0 Å². The largest absolute Gasteiger partial charge is 0.315 e. The van der Waals surface area contributed by atoms with Gasteiger partial charge in [-0.25, -0.2) is 0 Å². The number of aromatic nitrogens is 1. The predicted molar refractivity (Wildman–Crippen MR) is 80.9 cm³/mol. The van der Waals surface area contributed by atoms with Crippen LogP contribution in [0.4, 0.5) is 0 Å². The fraction of sp³-hybridized carbons (Fsp3) is 0.357. The fourth-order valence-corrected chi connectivity index (χ4v) is 2.50. The lowest BCUT2D eigenvalue weighted by molar-refractivity contribution is 0.594. The molecule has 1 aromatic carbocycles. The zero-order valence-corrected chi connectivity index (χ0v) is 11.9. The van der Waals surface area contributed by atoms with Crippen LogP contribution in [0.3, 0.4) is 0 Å². The lowest BCUT2D eigenvalue weighted by Gasteiger charge is -2.06. The van der Waals surface area contributed by atoms with E-state index < -0.39 is 0 Å². The molecule has 0 saturated heterocycles. The molecule has 1 aromatic heterocycles. The van der Waals surface area contributed by atoms with Gasteiger partial charge in [-0.2, -0.15) is 0 Å². The van der Waals surface area contributed by atoms with Gasteiger partial charge in [0.2, 0.25) is 0 Å². The van der Waals surface area contributed by atoms with Crippen LogP contribution in [0.2, 0.25) is 0 Å². The van der Waals surface area contributed by atoms with Crippen molar-refractivity contribution in [2.75, 3.05) is 4.43 Å². The highest BCUT2D eigenvalue weighted by molar-refractivity contribution is 14.1. The number of benzene rings is 1.